The van der Waals surface area contributed by atoms with E-state index < -0.39 is 17.9 Å². The minimum absolute atomic E-state index is 0.0568. The van der Waals surface area contributed by atoms with Crippen molar-refractivity contribution in [3.63, 3.8) is 0 Å². The van der Waals surface area contributed by atoms with E-state index in [1.165, 1.54) is 12.7 Å². The Bertz CT molecular complexity index is 1140. The van der Waals surface area contributed by atoms with Crippen LogP contribution in [-0.2, 0) is 25.5 Å². The maximum Gasteiger partial charge on any atom is 0.328 e. The smallest absolute Gasteiger partial charge is 0.328 e. The van der Waals surface area contributed by atoms with Crippen molar-refractivity contribution in [2.24, 2.45) is 0 Å². The molecule has 2 amide bonds. The summed E-state index contributed by atoms with van der Waals surface area (Å²) in [6, 6.07) is 28.4. The van der Waals surface area contributed by atoms with Crippen molar-refractivity contribution in [1.82, 2.24) is 9.80 Å². The Kier molecular flexibility index (Phi) is 8.72. The summed E-state index contributed by atoms with van der Waals surface area (Å²) < 4.78 is 5.10. The summed E-state index contributed by atoms with van der Waals surface area (Å²) in [6.07, 6.45) is 2.01. The van der Waals surface area contributed by atoms with Crippen LogP contribution >= 0.6 is 0 Å². The van der Waals surface area contributed by atoms with E-state index in [0.29, 0.717) is 19.5 Å². The van der Waals surface area contributed by atoms with Crippen molar-refractivity contribution >= 4 is 17.8 Å². The molecule has 6 nitrogen and oxygen atoms in total. The molecule has 0 spiro atoms. The third-order valence-corrected chi connectivity index (χ3v) is 7.10. The number of likely N-dealkylation sites (tertiary alicyclic amines) is 1. The molecule has 0 bridgehead atoms. The van der Waals surface area contributed by atoms with Crippen LogP contribution in [0.25, 0.3) is 0 Å². The summed E-state index contributed by atoms with van der Waals surface area (Å²) >= 11 is 0. The number of benzene rings is 3. The summed E-state index contributed by atoms with van der Waals surface area (Å²) in [4.78, 5) is 43.1. The van der Waals surface area contributed by atoms with Gasteiger partial charge in [-0.25, -0.2) is 4.79 Å². The molecule has 1 fully saturated rings. The lowest BCUT2D eigenvalue weighted by molar-refractivity contribution is -0.151. The van der Waals surface area contributed by atoms with E-state index in [2.05, 4.69) is 12.1 Å². The molecule has 0 aromatic heterocycles. The van der Waals surface area contributed by atoms with Gasteiger partial charge in [-0.15, -0.1) is 0 Å². The average Bonchev–Trinajstić information content (AvgIpc) is 3.37. The molecule has 0 N–H and O–H groups in total. The van der Waals surface area contributed by atoms with Crippen molar-refractivity contribution in [3.05, 3.63) is 108 Å². The number of aryl methyl sites for hydroxylation is 1. The molecular formula is C31H34N2O4. The Morgan fingerprint density at radius 2 is 1.43 bits per heavy atom. The highest BCUT2D eigenvalue weighted by atomic mass is 16.5. The lowest BCUT2D eigenvalue weighted by Gasteiger charge is -2.30. The summed E-state index contributed by atoms with van der Waals surface area (Å²) in [5, 5.41) is 0. The lowest BCUT2D eigenvalue weighted by Crippen LogP contribution is -2.45. The number of rotatable bonds is 9. The van der Waals surface area contributed by atoms with E-state index in [1.807, 2.05) is 83.8 Å². The maximum atomic E-state index is 14.1. The van der Waals surface area contributed by atoms with Crippen LogP contribution in [0.2, 0.25) is 0 Å². The van der Waals surface area contributed by atoms with Crippen LogP contribution in [0, 0.1) is 0 Å². The molecule has 6 heteroatoms. The summed E-state index contributed by atoms with van der Waals surface area (Å²) in [5.41, 5.74) is 2.93. The minimum atomic E-state index is -0.742. The monoisotopic (exact) mass is 498 g/mol. The normalized spacial score (nSPS) is 17.0. The minimum Gasteiger partial charge on any atom is -0.467 e. The molecule has 2 atom stereocenters. The molecule has 3 aromatic rings. The Labute approximate surface area is 218 Å². The average molecular weight is 499 g/mol. The second-order valence-corrected chi connectivity index (χ2v) is 9.48. The van der Waals surface area contributed by atoms with E-state index in [-0.39, 0.29) is 17.9 Å². The first-order chi connectivity index (χ1) is 18.0. The van der Waals surface area contributed by atoms with Gasteiger partial charge in [-0.3, -0.25) is 9.59 Å². The number of nitrogens with zero attached hydrogens (tertiary/aromatic N) is 2. The molecule has 1 aliphatic rings. The van der Waals surface area contributed by atoms with Gasteiger partial charge in [0.1, 0.15) is 6.04 Å². The zero-order valence-electron chi connectivity index (χ0n) is 21.5. The molecule has 4 rings (SSSR count). The van der Waals surface area contributed by atoms with Crippen LogP contribution < -0.4 is 0 Å². The van der Waals surface area contributed by atoms with Crippen LogP contribution in [0.15, 0.2) is 91.0 Å². The summed E-state index contributed by atoms with van der Waals surface area (Å²) in [6.45, 7) is 2.40. The Balaban J connectivity index is 1.57. The first-order valence-electron chi connectivity index (χ1n) is 12.8. The summed E-state index contributed by atoms with van der Waals surface area (Å²) in [5.74, 6) is -1.23. The molecule has 37 heavy (non-hydrogen) atoms. The fourth-order valence-electron chi connectivity index (χ4n) is 5.27. The highest BCUT2D eigenvalue weighted by molar-refractivity contribution is 5.92. The number of amides is 2. The number of carbonyl (C=O) groups excluding carboxylic acids is 3. The Morgan fingerprint density at radius 3 is 1.95 bits per heavy atom. The van der Waals surface area contributed by atoms with Crippen LogP contribution in [0.3, 0.4) is 0 Å². The van der Waals surface area contributed by atoms with Gasteiger partial charge in [0, 0.05) is 26.4 Å². The van der Waals surface area contributed by atoms with Crippen LogP contribution in [0.1, 0.15) is 42.4 Å². The van der Waals surface area contributed by atoms with Crippen LogP contribution in [0.4, 0.5) is 0 Å². The standard InChI is InChI=1S/C31H34N2O4/c1-23(34)32(20-12-15-24-13-6-3-7-14-24)27-21-28(31(36)37-2)33(22-27)30(35)29(25-16-8-4-9-17-25)26-18-10-5-11-19-26/h3-11,13-14,16-19,27-29H,12,15,20-22H2,1-2H3. The van der Waals surface area contributed by atoms with Crippen molar-refractivity contribution < 1.29 is 19.1 Å². The molecule has 1 aliphatic heterocycles. The van der Waals surface area contributed by atoms with Crippen molar-refractivity contribution in [3.8, 4) is 0 Å². The van der Waals surface area contributed by atoms with Gasteiger partial charge in [0.15, 0.2) is 0 Å². The zero-order chi connectivity index (χ0) is 26.2. The first-order valence-corrected chi connectivity index (χ1v) is 12.8. The van der Waals surface area contributed by atoms with E-state index in [9.17, 15) is 14.4 Å². The van der Waals surface area contributed by atoms with Crippen molar-refractivity contribution in [1.29, 1.82) is 0 Å². The van der Waals surface area contributed by atoms with Crippen LogP contribution in [-0.4, -0.2) is 59.9 Å². The van der Waals surface area contributed by atoms with E-state index >= 15 is 0 Å². The van der Waals surface area contributed by atoms with Gasteiger partial charge < -0.3 is 14.5 Å². The van der Waals surface area contributed by atoms with Crippen molar-refractivity contribution in [2.45, 2.75) is 44.2 Å². The largest absolute Gasteiger partial charge is 0.467 e. The molecule has 0 aliphatic carbocycles. The summed E-state index contributed by atoms with van der Waals surface area (Å²) in [7, 11) is 1.34. The molecule has 1 heterocycles. The fraction of sp³-hybridized carbons (Fsp3) is 0.323. The number of carbonyl (C=O) groups is 3. The predicted octanol–water partition coefficient (Wildman–Crippen LogP) is 4.44. The Morgan fingerprint density at radius 1 is 0.892 bits per heavy atom. The Hall–Kier alpha value is -3.93. The number of hydrogen-bond acceptors (Lipinski definition) is 4. The van der Waals surface area contributed by atoms with Gasteiger partial charge in [0.05, 0.1) is 19.1 Å². The number of esters is 1. The second kappa shape index (κ2) is 12.3. The van der Waals surface area contributed by atoms with Gasteiger partial charge in [-0.2, -0.15) is 0 Å². The topological polar surface area (TPSA) is 66.9 Å². The highest BCUT2D eigenvalue weighted by Gasteiger charge is 2.45. The zero-order valence-corrected chi connectivity index (χ0v) is 21.5. The van der Waals surface area contributed by atoms with Gasteiger partial charge in [0.2, 0.25) is 11.8 Å². The second-order valence-electron chi connectivity index (χ2n) is 9.48. The lowest BCUT2D eigenvalue weighted by atomic mass is 9.90. The van der Waals surface area contributed by atoms with E-state index in [4.69, 9.17) is 4.74 Å². The molecular weight excluding hydrogens is 464 g/mol. The van der Waals surface area contributed by atoms with Crippen molar-refractivity contribution in [2.75, 3.05) is 20.2 Å². The molecule has 0 radical (unpaired) electrons. The third-order valence-electron chi connectivity index (χ3n) is 7.10. The van der Waals surface area contributed by atoms with E-state index in [0.717, 1.165) is 24.0 Å². The van der Waals surface area contributed by atoms with E-state index in [1.54, 1.807) is 11.8 Å². The number of methoxy groups -OCH3 is 1. The maximum absolute atomic E-state index is 14.1. The van der Waals surface area contributed by atoms with Gasteiger partial charge in [-0.1, -0.05) is 91.0 Å². The fourth-order valence-corrected chi connectivity index (χ4v) is 5.27. The van der Waals surface area contributed by atoms with Crippen LogP contribution in [0.5, 0.6) is 0 Å². The quantitative estimate of drug-likeness (QED) is 0.409. The number of ether oxygens (including phenoxy) is 1. The SMILES string of the molecule is COC(=O)C1CC(N(CCCc2ccccc2)C(C)=O)CN1C(=O)C(c1ccccc1)c1ccccc1. The molecule has 3 aromatic carbocycles. The van der Waals surface area contributed by atoms with Gasteiger partial charge >= 0.3 is 5.97 Å². The number of hydrogen-bond donors (Lipinski definition) is 0. The third kappa shape index (κ3) is 6.26. The first kappa shape index (κ1) is 26.1. The molecule has 2 unspecified atom stereocenters. The predicted molar refractivity (Wildman–Crippen MR) is 143 cm³/mol. The highest BCUT2D eigenvalue weighted by Crippen LogP contribution is 2.32. The molecule has 1 saturated heterocycles. The molecule has 192 valence electrons. The van der Waals surface area contributed by atoms with Gasteiger partial charge in [-0.05, 0) is 29.5 Å². The molecule has 0 saturated carbocycles. The van der Waals surface area contributed by atoms with Gasteiger partial charge in [0.25, 0.3) is 0 Å².